The van der Waals surface area contributed by atoms with Gasteiger partial charge in [0.15, 0.2) is 0 Å². The van der Waals surface area contributed by atoms with Gasteiger partial charge in [-0.2, -0.15) is 27.8 Å². The molecule has 5 nitrogen and oxygen atoms in total. The number of benzene rings is 3. The molecule has 29 heavy (non-hydrogen) atoms. The second kappa shape index (κ2) is 8.25. The first-order valence-corrected chi connectivity index (χ1v) is 7.84. The van der Waals surface area contributed by atoms with Gasteiger partial charge in [0.1, 0.15) is 11.5 Å². The highest BCUT2D eigenvalue weighted by Crippen LogP contribution is 2.38. The van der Waals surface area contributed by atoms with Gasteiger partial charge in [0.05, 0.1) is 17.3 Å². The normalized spacial score (nSPS) is 10.0. The van der Waals surface area contributed by atoms with Crippen LogP contribution in [0.15, 0.2) is 53.5 Å². The SMILES string of the molecule is N#Cc1ccc(Oc2c(F)c(F)c(Oc3ccc(N=C=O)cc3)c(F)c2F)cc1. The molecule has 0 aliphatic heterocycles. The van der Waals surface area contributed by atoms with E-state index in [1.165, 1.54) is 54.6 Å². The lowest BCUT2D eigenvalue weighted by Gasteiger charge is -2.13. The molecular weight excluding hydrogens is 392 g/mol. The average Bonchev–Trinajstić information content (AvgIpc) is 2.75. The van der Waals surface area contributed by atoms with Crippen LogP contribution in [-0.2, 0) is 4.79 Å². The van der Waals surface area contributed by atoms with Crippen molar-refractivity contribution in [1.82, 2.24) is 0 Å². The zero-order valence-corrected chi connectivity index (χ0v) is 14.2. The Bertz CT molecular complexity index is 1120. The lowest BCUT2D eigenvalue weighted by Crippen LogP contribution is -2.03. The first-order valence-electron chi connectivity index (χ1n) is 7.84. The van der Waals surface area contributed by atoms with E-state index in [2.05, 4.69) is 4.99 Å². The van der Waals surface area contributed by atoms with Crippen molar-refractivity contribution >= 4 is 11.8 Å². The van der Waals surface area contributed by atoms with E-state index in [1.807, 2.05) is 6.07 Å². The lowest BCUT2D eigenvalue weighted by atomic mass is 10.2. The summed E-state index contributed by atoms with van der Waals surface area (Å²) in [5, 5.41) is 8.73. The van der Waals surface area contributed by atoms with Crippen molar-refractivity contribution in [2.24, 2.45) is 4.99 Å². The molecule has 0 amide bonds. The number of hydrogen-bond acceptors (Lipinski definition) is 5. The van der Waals surface area contributed by atoms with Crippen LogP contribution in [-0.4, -0.2) is 6.08 Å². The highest BCUT2D eigenvalue weighted by molar-refractivity contribution is 5.51. The predicted octanol–water partition coefficient (Wildman–Crippen LogP) is 5.67. The van der Waals surface area contributed by atoms with Gasteiger partial charge in [-0.25, -0.2) is 4.79 Å². The Morgan fingerprint density at radius 2 is 1.14 bits per heavy atom. The van der Waals surface area contributed by atoms with Gasteiger partial charge in [0, 0.05) is 0 Å². The number of aliphatic imine (C=N–C) groups is 1. The van der Waals surface area contributed by atoms with Crippen LogP contribution >= 0.6 is 0 Å². The van der Waals surface area contributed by atoms with Crippen LogP contribution in [0.4, 0.5) is 23.2 Å². The summed E-state index contributed by atoms with van der Waals surface area (Å²) in [7, 11) is 0. The molecule has 0 saturated carbocycles. The predicted molar refractivity (Wildman–Crippen MR) is 91.8 cm³/mol. The second-order valence-corrected chi connectivity index (χ2v) is 5.45. The lowest BCUT2D eigenvalue weighted by molar-refractivity contribution is 0.330. The number of ether oxygens (including phenoxy) is 2. The van der Waals surface area contributed by atoms with E-state index in [0.717, 1.165) is 0 Å². The van der Waals surface area contributed by atoms with E-state index < -0.39 is 34.8 Å². The highest BCUT2D eigenvalue weighted by Gasteiger charge is 2.29. The van der Waals surface area contributed by atoms with Gasteiger partial charge in [-0.15, -0.1) is 0 Å². The summed E-state index contributed by atoms with van der Waals surface area (Å²) in [4.78, 5) is 13.5. The van der Waals surface area contributed by atoms with Gasteiger partial charge in [-0.05, 0) is 48.5 Å². The third-order valence-corrected chi connectivity index (χ3v) is 3.62. The van der Waals surface area contributed by atoms with Crippen LogP contribution in [0.5, 0.6) is 23.0 Å². The summed E-state index contributed by atoms with van der Waals surface area (Å²) in [6, 6.07) is 11.8. The first-order chi connectivity index (χ1) is 13.9. The van der Waals surface area contributed by atoms with Crippen molar-refractivity contribution in [2.45, 2.75) is 0 Å². The zero-order valence-electron chi connectivity index (χ0n) is 14.2. The van der Waals surface area contributed by atoms with Gasteiger partial charge in [-0.1, -0.05) is 0 Å². The minimum atomic E-state index is -1.80. The molecule has 0 saturated heterocycles. The van der Waals surface area contributed by atoms with E-state index in [4.69, 9.17) is 14.7 Å². The summed E-state index contributed by atoms with van der Waals surface area (Å²) in [5.74, 6) is -10.1. The maximum atomic E-state index is 14.3. The summed E-state index contributed by atoms with van der Waals surface area (Å²) >= 11 is 0. The summed E-state index contributed by atoms with van der Waals surface area (Å²) in [6.45, 7) is 0. The molecule has 0 aromatic heterocycles. The molecule has 9 heteroatoms. The molecular formula is C20H8F4N2O3. The summed E-state index contributed by atoms with van der Waals surface area (Å²) < 4.78 is 67.0. The van der Waals surface area contributed by atoms with Crippen molar-refractivity contribution in [1.29, 1.82) is 5.26 Å². The number of rotatable bonds is 5. The van der Waals surface area contributed by atoms with Gasteiger partial charge in [0.25, 0.3) is 0 Å². The van der Waals surface area contributed by atoms with Crippen LogP contribution in [0.1, 0.15) is 5.56 Å². The fraction of sp³-hybridized carbons (Fsp3) is 0. The fourth-order valence-electron chi connectivity index (χ4n) is 2.25. The number of hydrogen-bond donors (Lipinski definition) is 0. The third-order valence-electron chi connectivity index (χ3n) is 3.62. The summed E-state index contributed by atoms with van der Waals surface area (Å²) in [6.07, 6.45) is 1.30. The number of nitrogens with zero attached hydrogens (tertiary/aromatic N) is 2. The molecule has 3 rings (SSSR count). The molecule has 0 bridgehead atoms. The van der Waals surface area contributed by atoms with Crippen molar-refractivity contribution in [3.8, 4) is 29.1 Å². The Hall–Kier alpha value is -4.15. The Labute approximate surface area is 161 Å². The van der Waals surface area contributed by atoms with E-state index in [0.29, 0.717) is 0 Å². The zero-order chi connectivity index (χ0) is 21.0. The molecule has 0 aliphatic rings. The van der Waals surface area contributed by atoms with Crippen molar-refractivity contribution in [3.05, 3.63) is 77.4 Å². The van der Waals surface area contributed by atoms with Gasteiger partial charge < -0.3 is 9.47 Å². The largest absolute Gasteiger partial charge is 0.451 e. The Kier molecular flexibility index (Phi) is 5.58. The Morgan fingerprint density at radius 1 is 0.724 bits per heavy atom. The number of carbonyl (C=O) groups excluding carboxylic acids is 1. The third kappa shape index (κ3) is 4.08. The average molecular weight is 400 g/mol. The molecule has 144 valence electrons. The van der Waals surface area contributed by atoms with Crippen LogP contribution in [0.3, 0.4) is 0 Å². The number of halogens is 4. The van der Waals surface area contributed by atoms with E-state index >= 15 is 0 Å². The van der Waals surface area contributed by atoms with E-state index in [9.17, 15) is 22.4 Å². The van der Waals surface area contributed by atoms with Gasteiger partial charge in [-0.3, -0.25) is 0 Å². The smallest absolute Gasteiger partial charge is 0.240 e. The van der Waals surface area contributed by atoms with Crippen molar-refractivity contribution < 1.29 is 31.8 Å². The second-order valence-electron chi connectivity index (χ2n) is 5.45. The van der Waals surface area contributed by atoms with Gasteiger partial charge in [0.2, 0.25) is 40.8 Å². The highest BCUT2D eigenvalue weighted by atomic mass is 19.2. The molecule has 0 N–H and O–H groups in total. The first kappa shape index (κ1) is 19.6. The molecule has 3 aromatic rings. The standard InChI is InChI=1S/C20H8F4N2O3/c21-15-17(23)20(29-14-7-3-12(4-8-14)26-10-27)18(24)16(22)19(15)28-13-5-1-11(9-25)2-6-13/h1-8H. The molecule has 3 aromatic carbocycles. The minimum Gasteiger partial charge on any atom is -0.451 e. The molecule has 0 heterocycles. The number of isocyanates is 1. The van der Waals surface area contributed by atoms with Crippen LogP contribution in [0.25, 0.3) is 0 Å². The van der Waals surface area contributed by atoms with Crippen LogP contribution in [0, 0.1) is 34.6 Å². The van der Waals surface area contributed by atoms with Crippen LogP contribution < -0.4 is 9.47 Å². The molecule has 0 fully saturated rings. The quantitative estimate of drug-likeness (QED) is 0.240. The Balaban J connectivity index is 1.94. The fourth-order valence-corrected chi connectivity index (χ4v) is 2.25. The maximum absolute atomic E-state index is 14.3. The molecule has 0 aliphatic carbocycles. The molecule has 0 unspecified atom stereocenters. The Morgan fingerprint density at radius 3 is 1.52 bits per heavy atom. The van der Waals surface area contributed by atoms with E-state index in [1.54, 1.807) is 0 Å². The molecule has 0 atom stereocenters. The van der Waals surface area contributed by atoms with E-state index in [-0.39, 0.29) is 22.7 Å². The van der Waals surface area contributed by atoms with Gasteiger partial charge >= 0.3 is 0 Å². The summed E-state index contributed by atoms with van der Waals surface area (Å²) in [5.41, 5.74) is 0.445. The monoisotopic (exact) mass is 400 g/mol. The maximum Gasteiger partial charge on any atom is 0.240 e. The number of nitriles is 1. The molecule has 0 radical (unpaired) electrons. The topological polar surface area (TPSA) is 71.7 Å². The molecule has 0 spiro atoms. The van der Waals surface area contributed by atoms with Crippen molar-refractivity contribution in [3.63, 3.8) is 0 Å². The van der Waals surface area contributed by atoms with Crippen LogP contribution in [0.2, 0.25) is 0 Å². The minimum absolute atomic E-state index is 0.138. The van der Waals surface area contributed by atoms with Crippen molar-refractivity contribution in [2.75, 3.05) is 0 Å².